The number of aromatic hydroxyl groups is 1. The minimum Gasteiger partial charge on any atom is -0.507 e. The zero-order chi connectivity index (χ0) is 32.5. The van der Waals surface area contributed by atoms with Gasteiger partial charge in [0.25, 0.3) is 0 Å². The van der Waals surface area contributed by atoms with E-state index in [0.29, 0.717) is 31.4 Å². The molecule has 1 amide bonds. The minimum absolute atomic E-state index is 0.0286. The van der Waals surface area contributed by atoms with E-state index in [1.54, 1.807) is 0 Å². The largest absolute Gasteiger partial charge is 0.507 e. The van der Waals surface area contributed by atoms with Crippen molar-refractivity contribution < 1.29 is 28.2 Å². The van der Waals surface area contributed by atoms with E-state index >= 15 is 0 Å². The highest BCUT2D eigenvalue weighted by atomic mass is 19.1. The first-order valence-electron chi connectivity index (χ1n) is 15.5. The molecule has 45 heavy (non-hydrogen) atoms. The number of allylic oxidation sites excluding steroid dienone is 12. The van der Waals surface area contributed by atoms with Crippen molar-refractivity contribution in [3.05, 3.63) is 127 Å². The average Bonchev–Trinajstić information content (AvgIpc) is 3.02. The summed E-state index contributed by atoms with van der Waals surface area (Å²) in [5.41, 5.74) is 0.269. The lowest BCUT2D eigenvalue weighted by Crippen LogP contribution is -2.25. The van der Waals surface area contributed by atoms with Gasteiger partial charge in [-0.15, -0.1) is 0 Å². The van der Waals surface area contributed by atoms with Crippen LogP contribution in [0.3, 0.4) is 0 Å². The van der Waals surface area contributed by atoms with Crippen LogP contribution < -0.4 is 5.32 Å². The number of rotatable bonds is 20. The molecule has 0 saturated carbocycles. The van der Waals surface area contributed by atoms with Gasteiger partial charge in [-0.1, -0.05) is 85.9 Å². The fourth-order valence-electron chi connectivity index (χ4n) is 4.08. The Morgan fingerprint density at radius 2 is 1.36 bits per heavy atom. The molecular weight excluding hydrogens is 572 g/mol. The number of esters is 1. The van der Waals surface area contributed by atoms with E-state index in [0.717, 1.165) is 50.7 Å². The van der Waals surface area contributed by atoms with Gasteiger partial charge in [0.05, 0.1) is 6.61 Å². The van der Waals surface area contributed by atoms with E-state index in [1.807, 2.05) is 12.2 Å². The number of benzene rings is 2. The molecule has 2 rings (SSSR count). The number of hydrogen-bond acceptors (Lipinski definition) is 4. The summed E-state index contributed by atoms with van der Waals surface area (Å²) in [5.74, 6) is -2.67. The van der Waals surface area contributed by atoms with Gasteiger partial charge in [-0.05, 0) is 81.2 Å². The monoisotopic (exact) mass is 617 g/mol. The second kappa shape index (κ2) is 22.9. The van der Waals surface area contributed by atoms with Gasteiger partial charge in [-0.3, -0.25) is 4.79 Å². The smallest absolute Gasteiger partial charge is 0.341 e. The zero-order valence-electron chi connectivity index (χ0n) is 26.1. The Labute approximate surface area is 266 Å². The van der Waals surface area contributed by atoms with Crippen molar-refractivity contribution in [2.24, 2.45) is 0 Å². The van der Waals surface area contributed by atoms with E-state index in [4.69, 9.17) is 4.74 Å². The first-order chi connectivity index (χ1) is 21.9. The van der Waals surface area contributed by atoms with Gasteiger partial charge in [0.1, 0.15) is 22.9 Å². The molecule has 0 bridgehead atoms. The van der Waals surface area contributed by atoms with Crippen LogP contribution in [0.2, 0.25) is 0 Å². The molecule has 5 nitrogen and oxygen atoms in total. The summed E-state index contributed by atoms with van der Waals surface area (Å²) in [6.45, 7) is 2.50. The molecule has 7 heteroatoms. The normalized spacial score (nSPS) is 12.2. The Kier molecular flexibility index (Phi) is 18.7. The van der Waals surface area contributed by atoms with Gasteiger partial charge in [0.15, 0.2) is 0 Å². The van der Waals surface area contributed by atoms with Crippen molar-refractivity contribution in [3.63, 3.8) is 0 Å². The molecule has 0 aliphatic carbocycles. The van der Waals surface area contributed by atoms with Crippen LogP contribution in [-0.4, -0.2) is 30.1 Å². The summed E-state index contributed by atoms with van der Waals surface area (Å²) in [6, 6.07) is 7.10. The van der Waals surface area contributed by atoms with Crippen molar-refractivity contribution >= 4 is 11.9 Å². The molecule has 0 heterocycles. The summed E-state index contributed by atoms with van der Waals surface area (Å²) in [5, 5.41) is 12.9. The number of hydrogen-bond donors (Lipinski definition) is 2. The number of carbonyl (C=O) groups excluding carboxylic acids is 2. The van der Waals surface area contributed by atoms with Crippen molar-refractivity contribution in [2.45, 2.75) is 64.7 Å². The van der Waals surface area contributed by atoms with E-state index in [-0.39, 0.29) is 29.4 Å². The van der Waals surface area contributed by atoms with Gasteiger partial charge in [0.2, 0.25) is 5.91 Å². The Morgan fingerprint density at radius 3 is 1.93 bits per heavy atom. The number of ether oxygens (including phenoxy) is 1. The molecule has 240 valence electrons. The van der Waals surface area contributed by atoms with Crippen molar-refractivity contribution in [3.8, 4) is 16.9 Å². The topological polar surface area (TPSA) is 75.6 Å². The van der Waals surface area contributed by atoms with Crippen LogP contribution >= 0.6 is 0 Å². The van der Waals surface area contributed by atoms with Crippen LogP contribution in [0.15, 0.2) is 109 Å². The molecule has 2 N–H and O–H groups in total. The van der Waals surface area contributed by atoms with Crippen molar-refractivity contribution in [1.29, 1.82) is 0 Å². The molecule has 0 fully saturated rings. The molecule has 0 aliphatic heterocycles. The summed E-state index contributed by atoms with van der Waals surface area (Å²) >= 11 is 0. The molecule has 0 spiro atoms. The summed E-state index contributed by atoms with van der Waals surface area (Å²) in [6.07, 6.45) is 32.8. The van der Waals surface area contributed by atoms with Crippen LogP contribution in [0.4, 0.5) is 8.78 Å². The number of halogens is 2. The number of phenolic OH excluding ortho intramolecular Hbond substituents is 1. The Balaban J connectivity index is 1.52. The quantitative estimate of drug-likeness (QED) is 0.0882. The predicted octanol–water partition coefficient (Wildman–Crippen LogP) is 9.48. The van der Waals surface area contributed by atoms with Crippen molar-refractivity contribution in [1.82, 2.24) is 5.32 Å². The van der Waals surface area contributed by atoms with Crippen LogP contribution in [0.5, 0.6) is 5.75 Å². The molecule has 2 aromatic carbocycles. The number of nitrogens with one attached hydrogen (secondary N) is 1. The maximum Gasteiger partial charge on any atom is 0.341 e. The second-order valence-corrected chi connectivity index (χ2v) is 10.1. The zero-order valence-corrected chi connectivity index (χ0v) is 26.1. The average molecular weight is 618 g/mol. The predicted molar refractivity (Wildman–Crippen MR) is 179 cm³/mol. The molecule has 0 aliphatic rings. The van der Waals surface area contributed by atoms with E-state index in [9.17, 15) is 23.5 Å². The Hall–Kier alpha value is -4.52. The molecule has 0 saturated heterocycles. The summed E-state index contributed by atoms with van der Waals surface area (Å²) in [7, 11) is 0. The summed E-state index contributed by atoms with van der Waals surface area (Å²) in [4.78, 5) is 24.5. The van der Waals surface area contributed by atoms with Crippen LogP contribution in [0.1, 0.15) is 75.1 Å². The lowest BCUT2D eigenvalue weighted by molar-refractivity contribution is -0.121. The van der Waals surface area contributed by atoms with Crippen LogP contribution in [-0.2, 0) is 9.53 Å². The van der Waals surface area contributed by atoms with Crippen LogP contribution in [0, 0.1) is 11.6 Å². The first kappa shape index (κ1) is 36.7. The fourth-order valence-corrected chi connectivity index (χ4v) is 4.08. The number of phenols is 1. The number of amides is 1. The molecule has 0 radical (unpaired) electrons. The SMILES string of the molecule is CCC=CCC=CCC=CCC=CCC=CCC=CCCC(=O)NCCCOC(=O)c1cc(-c2ccc(F)cc2F)ccc1O. The highest BCUT2D eigenvalue weighted by molar-refractivity contribution is 5.94. The summed E-state index contributed by atoms with van der Waals surface area (Å²) < 4.78 is 32.5. The molecule has 0 aromatic heterocycles. The third kappa shape index (κ3) is 16.2. The molecule has 0 unspecified atom stereocenters. The maximum atomic E-state index is 14.1. The van der Waals surface area contributed by atoms with Gasteiger partial charge in [0, 0.05) is 24.6 Å². The van der Waals surface area contributed by atoms with Gasteiger partial charge < -0.3 is 15.2 Å². The minimum atomic E-state index is -0.781. The third-order valence-electron chi connectivity index (χ3n) is 6.47. The fraction of sp³-hybridized carbons (Fsp3) is 0.316. The highest BCUT2D eigenvalue weighted by Gasteiger charge is 2.16. The molecule has 0 atom stereocenters. The highest BCUT2D eigenvalue weighted by Crippen LogP contribution is 2.28. The first-order valence-corrected chi connectivity index (χ1v) is 15.5. The van der Waals surface area contributed by atoms with Crippen LogP contribution in [0.25, 0.3) is 11.1 Å². The van der Waals surface area contributed by atoms with E-state index in [2.05, 4.69) is 73.0 Å². The van der Waals surface area contributed by atoms with E-state index < -0.39 is 17.6 Å². The van der Waals surface area contributed by atoms with Gasteiger partial charge in [-0.25, -0.2) is 13.6 Å². The second-order valence-electron chi connectivity index (χ2n) is 10.1. The molecule has 2 aromatic rings. The lowest BCUT2D eigenvalue weighted by atomic mass is 10.0. The van der Waals surface area contributed by atoms with Gasteiger partial charge in [-0.2, -0.15) is 0 Å². The maximum absolute atomic E-state index is 14.1. The Morgan fingerprint density at radius 1 is 0.778 bits per heavy atom. The van der Waals surface area contributed by atoms with E-state index in [1.165, 1.54) is 24.3 Å². The number of carbonyl (C=O) groups is 2. The van der Waals surface area contributed by atoms with Gasteiger partial charge >= 0.3 is 5.97 Å². The Bertz CT molecular complexity index is 1370. The standard InChI is InChI=1S/C38H45F2NO4/c1-2-3-4-5-6-7-8-9-10-11-12-13-14-15-16-17-18-19-20-22-37(43)41-27-21-28-45-38(44)34-29-31(23-26-36(34)42)33-25-24-32(39)30-35(33)40/h3-4,6-7,9-10,12-13,15-16,18-19,23-26,29-30,42H,2,5,8,11,14,17,20-22,27-28H2,1H3,(H,41,43). The molecular formula is C38H45F2NO4. The third-order valence-corrected chi connectivity index (χ3v) is 6.47. The van der Waals surface area contributed by atoms with Crippen molar-refractivity contribution in [2.75, 3.05) is 13.2 Å². The lowest BCUT2D eigenvalue weighted by Gasteiger charge is -2.10.